The third kappa shape index (κ3) is 1.75. The van der Waals surface area contributed by atoms with Crippen molar-refractivity contribution in [3.05, 3.63) is 12.3 Å². The van der Waals surface area contributed by atoms with Crippen molar-refractivity contribution in [1.82, 2.24) is 4.98 Å². The topological polar surface area (TPSA) is 77.0 Å². The summed E-state index contributed by atoms with van der Waals surface area (Å²) in [6.45, 7) is -0.267. The minimum Gasteiger partial charge on any atom is -0.397 e. The highest BCUT2D eigenvalue weighted by Gasteiger charge is 2.01. The lowest BCUT2D eigenvalue weighted by Gasteiger charge is -2.07. The molecule has 12 heavy (non-hydrogen) atoms. The molecule has 0 spiro atoms. The Labute approximate surface area is 69.8 Å². The van der Waals surface area contributed by atoms with Gasteiger partial charge in [-0.1, -0.05) is 0 Å². The summed E-state index contributed by atoms with van der Waals surface area (Å²) in [5.74, 6) is 0.438. The molecule has 0 saturated heterocycles. The van der Waals surface area contributed by atoms with Crippen LogP contribution in [0, 0.1) is 0 Å². The Morgan fingerprint density at radius 1 is 1.50 bits per heavy atom. The van der Waals surface area contributed by atoms with Crippen LogP contribution in [0.4, 0.5) is 21.6 Å². The predicted molar refractivity (Wildman–Crippen MR) is 47.5 cm³/mol. The molecular weight excluding hydrogens is 159 g/mol. The average molecular weight is 170 g/mol. The maximum absolute atomic E-state index is 11.7. The van der Waals surface area contributed by atoms with Crippen molar-refractivity contribution in [2.75, 3.05) is 30.0 Å². The van der Waals surface area contributed by atoms with Gasteiger partial charge in [0.05, 0.1) is 11.4 Å². The molecule has 5 heteroatoms. The first kappa shape index (κ1) is 8.58. The van der Waals surface area contributed by atoms with E-state index < -0.39 is 6.67 Å². The van der Waals surface area contributed by atoms with Gasteiger partial charge >= 0.3 is 0 Å². The molecule has 0 fully saturated rings. The fourth-order valence-corrected chi connectivity index (χ4v) is 0.795. The molecule has 1 rings (SSSR count). The van der Waals surface area contributed by atoms with Gasteiger partial charge in [-0.05, 0) is 6.07 Å². The number of nitrogens with one attached hydrogen (secondary N) is 1. The summed E-state index contributed by atoms with van der Waals surface area (Å²) < 4.78 is 11.7. The fraction of sp³-hybridized carbons (Fsp3) is 0.286. The van der Waals surface area contributed by atoms with E-state index >= 15 is 0 Å². The van der Waals surface area contributed by atoms with Gasteiger partial charge in [-0.3, -0.25) is 0 Å². The molecule has 5 N–H and O–H groups in total. The van der Waals surface area contributed by atoms with Gasteiger partial charge in [0.2, 0.25) is 0 Å². The van der Waals surface area contributed by atoms with Crippen LogP contribution >= 0.6 is 0 Å². The summed E-state index contributed by atoms with van der Waals surface area (Å²) in [5.41, 5.74) is 11.9. The van der Waals surface area contributed by atoms with Crippen LogP contribution in [0.3, 0.4) is 0 Å². The van der Waals surface area contributed by atoms with Crippen LogP contribution in [0.1, 0.15) is 0 Å². The number of nitrogen functional groups attached to an aromatic ring is 2. The van der Waals surface area contributed by atoms with Gasteiger partial charge in [0.25, 0.3) is 0 Å². The SMILES string of the molecule is Nc1ccnc(NCCF)c1N. The second kappa shape index (κ2) is 3.75. The number of rotatable bonds is 3. The van der Waals surface area contributed by atoms with Crippen LogP contribution in [0.5, 0.6) is 0 Å². The number of halogens is 1. The van der Waals surface area contributed by atoms with E-state index in [2.05, 4.69) is 10.3 Å². The Balaban J connectivity index is 2.78. The van der Waals surface area contributed by atoms with E-state index in [0.717, 1.165) is 0 Å². The van der Waals surface area contributed by atoms with Crippen LogP contribution < -0.4 is 16.8 Å². The monoisotopic (exact) mass is 170 g/mol. The van der Waals surface area contributed by atoms with Crippen LogP contribution in [0.25, 0.3) is 0 Å². The number of nitrogens with two attached hydrogens (primary N) is 2. The zero-order chi connectivity index (χ0) is 8.97. The van der Waals surface area contributed by atoms with E-state index in [1.54, 1.807) is 6.07 Å². The van der Waals surface area contributed by atoms with Crippen LogP contribution in [0.2, 0.25) is 0 Å². The van der Waals surface area contributed by atoms with Crippen molar-refractivity contribution in [3.63, 3.8) is 0 Å². The van der Waals surface area contributed by atoms with Crippen molar-refractivity contribution in [3.8, 4) is 0 Å². The average Bonchev–Trinajstić information content (AvgIpc) is 2.08. The second-order valence-corrected chi connectivity index (χ2v) is 2.28. The number of alkyl halides is 1. The minimum atomic E-state index is -0.462. The minimum absolute atomic E-state index is 0.195. The quantitative estimate of drug-likeness (QED) is 0.621. The molecule has 1 aromatic rings. The number of nitrogens with zero attached hydrogens (tertiary/aromatic N) is 1. The number of hydrogen-bond acceptors (Lipinski definition) is 4. The van der Waals surface area contributed by atoms with Gasteiger partial charge < -0.3 is 16.8 Å². The molecule has 0 aliphatic carbocycles. The van der Waals surface area contributed by atoms with Gasteiger partial charge in [-0.15, -0.1) is 0 Å². The van der Waals surface area contributed by atoms with E-state index in [9.17, 15) is 4.39 Å². The highest BCUT2D eigenvalue weighted by molar-refractivity contribution is 5.75. The molecule has 0 bridgehead atoms. The first-order chi connectivity index (χ1) is 5.75. The fourth-order valence-electron chi connectivity index (χ4n) is 0.795. The van der Waals surface area contributed by atoms with Gasteiger partial charge in [-0.2, -0.15) is 0 Å². The number of anilines is 3. The summed E-state index contributed by atoms with van der Waals surface area (Å²) >= 11 is 0. The zero-order valence-corrected chi connectivity index (χ0v) is 6.55. The molecule has 66 valence electrons. The van der Waals surface area contributed by atoms with Crippen molar-refractivity contribution < 1.29 is 4.39 Å². The number of aromatic nitrogens is 1. The van der Waals surface area contributed by atoms with Crippen molar-refractivity contribution in [1.29, 1.82) is 0 Å². The third-order valence-corrected chi connectivity index (χ3v) is 1.41. The molecule has 0 saturated carbocycles. The molecule has 0 atom stereocenters. The Hall–Kier alpha value is -1.52. The molecular formula is C7H11FN4. The lowest BCUT2D eigenvalue weighted by molar-refractivity contribution is 0.512. The molecule has 1 heterocycles. The normalized spacial score (nSPS) is 9.75. The highest BCUT2D eigenvalue weighted by atomic mass is 19.1. The summed E-state index contributed by atoms with van der Waals surface area (Å²) in [7, 11) is 0. The Morgan fingerprint density at radius 3 is 2.92 bits per heavy atom. The summed E-state index contributed by atoms with van der Waals surface area (Å²) in [6, 6.07) is 1.59. The van der Waals surface area contributed by atoms with Crippen LogP contribution in [-0.2, 0) is 0 Å². The van der Waals surface area contributed by atoms with E-state index in [4.69, 9.17) is 11.5 Å². The maximum Gasteiger partial charge on any atom is 0.151 e. The highest BCUT2D eigenvalue weighted by Crippen LogP contribution is 2.20. The Bertz CT molecular complexity index is 264. The first-order valence-electron chi connectivity index (χ1n) is 3.55. The molecule has 0 radical (unpaired) electrons. The third-order valence-electron chi connectivity index (χ3n) is 1.41. The molecule has 4 nitrogen and oxygen atoms in total. The van der Waals surface area contributed by atoms with Crippen molar-refractivity contribution in [2.45, 2.75) is 0 Å². The molecule has 0 aromatic carbocycles. The number of pyridine rings is 1. The summed E-state index contributed by atoms with van der Waals surface area (Å²) in [4.78, 5) is 3.89. The van der Waals surface area contributed by atoms with E-state index in [1.807, 2.05) is 0 Å². The molecule has 0 aliphatic rings. The molecule has 0 unspecified atom stereocenters. The van der Waals surface area contributed by atoms with Gasteiger partial charge in [0.15, 0.2) is 5.82 Å². The van der Waals surface area contributed by atoms with Gasteiger partial charge in [0, 0.05) is 12.7 Å². The molecule has 0 amide bonds. The standard InChI is InChI=1S/C7H11FN4/c8-2-4-12-7-6(10)5(9)1-3-11-7/h1,3H,2,4,10H2,(H3,9,11,12). The van der Waals surface area contributed by atoms with E-state index in [1.165, 1.54) is 6.20 Å². The maximum atomic E-state index is 11.7. The largest absolute Gasteiger partial charge is 0.397 e. The van der Waals surface area contributed by atoms with E-state index in [0.29, 0.717) is 17.2 Å². The molecule has 1 aromatic heterocycles. The Morgan fingerprint density at radius 2 is 2.25 bits per heavy atom. The predicted octanol–water partition coefficient (Wildman–Crippen LogP) is 0.627. The Kier molecular flexibility index (Phi) is 2.68. The summed E-state index contributed by atoms with van der Waals surface area (Å²) in [6.07, 6.45) is 1.52. The lowest BCUT2D eigenvalue weighted by Crippen LogP contribution is -2.08. The molecule has 0 aliphatic heterocycles. The van der Waals surface area contributed by atoms with Crippen LogP contribution in [-0.4, -0.2) is 18.2 Å². The van der Waals surface area contributed by atoms with E-state index in [-0.39, 0.29) is 6.54 Å². The lowest BCUT2D eigenvalue weighted by atomic mass is 10.3. The van der Waals surface area contributed by atoms with Crippen LogP contribution in [0.15, 0.2) is 12.3 Å². The number of hydrogen-bond donors (Lipinski definition) is 3. The van der Waals surface area contributed by atoms with Gasteiger partial charge in [-0.25, -0.2) is 9.37 Å². The second-order valence-electron chi connectivity index (χ2n) is 2.28. The first-order valence-corrected chi connectivity index (χ1v) is 3.55. The van der Waals surface area contributed by atoms with Gasteiger partial charge in [0.1, 0.15) is 6.67 Å². The summed E-state index contributed by atoms with van der Waals surface area (Å²) in [5, 5.41) is 2.71. The van der Waals surface area contributed by atoms with Crippen molar-refractivity contribution >= 4 is 17.2 Å². The smallest absolute Gasteiger partial charge is 0.151 e. The zero-order valence-electron chi connectivity index (χ0n) is 6.55. The van der Waals surface area contributed by atoms with Crippen molar-refractivity contribution in [2.24, 2.45) is 0 Å².